The van der Waals surface area contributed by atoms with Crippen molar-refractivity contribution >= 4 is 23.4 Å². The summed E-state index contributed by atoms with van der Waals surface area (Å²) in [7, 11) is 0. The molecule has 3 aromatic carbocycles. The van der Waals surface area contributed by atoms with Crippen molar-refractivity contribution in [2.45, 2.75) is 24.1 Å². The van der Waals surface area contributed by atoms with Gasteiger partial charge in [-0.05, 0) is 49.2 Å². The third-order valence-electron chi connectivity index (χ3n) is 4.42. The SMILES string of the molecule is Cc1cccc(C2Sc3ccccc3C(=O)N2c2cccc(C)c2)c1. The molecular weight excluding hydrogens is 326 g/mol. The maximum absolute atomic E-state index is 13.3. The number of aryl methyl sites for hydroxylation is 2. The third-order valence-corrected chi connectivity index (χ3v) is 5.73. The van der Waals surface area contributed by atoms with Crippen LogP contribution in [-0.2, 0) is 0 Å². The number of fused-ring (bicyclic) bond motifs is 1. The van der Waals surface area contributed by atoms with Gasteiger partial charge in [-0.2, -0.15) is 0 Å². The highest BCUT2D eigenvalue weighted by Gasteiger charge is 2.35. The number of carbonyl (C=O) groups excluding carboxylic acids is 1. The van der Waals surface area contributed by atoms with Crippen molar-refractivity contribution in [1.29, 1.82) is 0 Å². The van der Waals surface area contributed by atoms with E-state index in [9.17, 15) is 4.79 Å². The molecule has 1 heterocycles. The van der Waals surface area contributed by atoms with Gasteiger partial charge in [-0.15, -0.1) is 0 Å². The lowest BCUT2D eigenvalue weighted by atomic mass is 10.1. The largest absolute Gasteiger partial charge is 0.291 e. The molecule has 1 aliphatic heterocycles. The zero-order valence-electron chi connectivity index (χ0n) is 14.3. The smallest absolute Gasteiger partial charge is 0.260 e. The third kappa shape index (κ3) is 2.96. The van der Waals surface area contributed by atoms with Gasteiger partial charge in [0.1, 0.15) is 5.37 Å². The zero-order valence-corrected chi connectivity index (χ0v) is 15.1. The summed E-state index contributed by atoms with van der Waals surface area (Å²) in [5.74, 6) is 0.0615. The van der Waals surface area contributed by atoms with Gasteiger partial charge in [-0.25, -0.2) is 0 Å². The normalized spacial score (nSPS) is 16.6. The number of amides is 1. The van der Waals surface area contributed by atoms with Gasteiger partial charge in [0.25, 0.3) is 5.91 Å². The second kappa shape index (κ2) is 6.41. The van der Waals surface area contributed by atoms with Crippen LogP contribution < -0.4 is 4.90 Å². The highest BCUT2D eigenvalue weighted by atomic mass is 32.2. The first-order chi connectivity index (χ1) is 12.1. The van der Waals surface area contributed by atoms with Crippen molar-refractivity contribution in [3.63, 3.8) is 0 Å². The number of benzene rings is 3. The summed E-state index contributed by atoms with van der Waals surface area (Å²) < 4.78 is 0. The topological polar surface area (TPSA) is 20.3 Å². The second-order valence-electron chi connectivity index (χ2n) is 6.39. The van der Waals surface area contributed by atoms with Crippen molar-refractivity contribution < 1.29 is 4.79 Å². The summed E-state index contributed by atoms with van der Waals surface area (Å²) in [6.45, 7) is 4.14. The van der Waals surface area contributed by atoms with Gasteiger partial charge in [0, 0.05) is 10.6 Å². The van der Waals surface area contributed by atoms with Crippen molar-refractivity contribution in [3.8, 4) is 0 Å². The number of rotatable bonds is 2. The van der Waals surface area contributed by atoms with Gasteiger partial charge >= 0.3 is 0 Å². The Labute approximate surface area is 152 Å². The van der Waals surface area contributed by atoms with Crippen LogP contribution in [0.5, 0.6) is 0 Å². The van der Waals surface area contributed by atoms with Gasteiger partial charge in [0.15, 0.2) is 0 Å². The van der Waals surface area contributed by atoms with E-state index in [4.69, 9.17) is 0 Å². The van der Waals surface area contributed by atoms with Gasteiger partial charge in [-0.3, -0.25) is 9.69 Å². The van der Waals surface area contributed by atoms with E-state index in [0.717, 1.165) is 27.3 Å². The lowest BCUT2D eigenvalue weighted by Crippen LogP contribution is -2.36. The molecule has 2 nitrogen and oxygen atoms in total. The molecule has 0 radical (unpaired) electrons. The van der Waals surface area contributed by atoms with Crippen molar-refractivity contribution in [3.05, 3.63) is 95.1 Å². The predicted octanol–water partition coefficient (Wildman–Crippen LogP) is 5.75. The fraction of sp³-hybridized carbons (Fsp3) is 0.136. The number of carbonyl (C=O) groups is 1. The standard InChI is InChI=1S/C22H19NOS/c1-15-7-5-9-17(13-15)22-23(18-10-6-8-16(2)14-18)21(24)19-11-3-4-12-20(19)25-22/h3-14,22H,1-2H3. The van der Waals surface area contributed by atoms with Gasteiger partial charge < -0.3 is 0 Å². The fourth-order valence-electron chi connectivity index (χ4n) is 3.23. The maximum atomic E-state index is 13.3. The average Bonchev–Trinajstić information content (AvgIpc) is 2.61. The summed E-state index contributed by atoms with van der Waals surface area (Å²) in [5.41, 5.74) is 5.22. The first kappa shape index (κ1) is 16.0. The summed E-state index contributed by atoms with van der Waals surface area (Å²) in [6.07, 6.45) is 0. The van der Waals surface area contributed by atoms with Crippen LogP contribution >= 0.6 is 11.8 Å². The fourth-order valence-corrected chi connectivity index (χ4v) is 4.51. The minimum absolute atomic E-state index is 0.0615. The number of anilines is 1. The Morgan fingerprint density at radius 2 is 1.56 bits per heavy atom. The van der Waals surface area contributed by atoms with Crippen LogP contribution in [0.3, 0.4) is 0 Å². The van der Waals surface area contributed by atoms with Crippen molar-refractivity contribution in [2.75, 3.05) is 4.90 Å². The second-order valence-corrected chi connectivity index (χ2v) is 7.52. The summed E-state index contributed by atoms with van der Waals surface area (Å²) in [4.78, 5) is 16.3. The van der Waals surface area contributed by atoms with Crippen LogP contribution in [0.15, 0.2) is 77.7 Å². The molecule has 0 saturated heterocycles. The van der Waals surface area contributed by atoms with Crippen LogP contribution in [0.1, 0.15) is 32.4 Å². The monoisotopic (exact) mass is 345 g/mol. The lowest BCUT2D eigenvalue weighted by Gasteiger charge is -2.36. The van der Waals surface area contributed by atoms with E-state index < -0.39 is 0 Å². The van der Waals surface area contributed by atoms with E-state index in [1.54, 1.807) is 11.8 Å². The summed E-state index contributed by atoms with van der Waals surface area (Å²) in [5, 5.41) is -0.0656. The maximum Gasteiger partial charge on any atom is 0.260 e. The van der Waals surface area contributed by atoms with Crippen LogP contribution in [0, 0.1) is 13.8 Å². The van der Waals surface area contributed by atoms with Crippen molar-refractivity contribution in [1.82, 2.24) is 0 Å². The van der Waals surface area contributed by atoms with Crippen LogP contribution in [-0.4, -0.2) is 5.91 Å². The molecule has 0 aromatic heterocycles. The zero-order chi connectivity index (χ0) is 17.4. The van der Waals surface area contributed by atoms with Gasteiger partial charge in [-0.1, -0.05) is 65.9 Å². The van der Waals surface area contributed by atoms with Crippen LogP contribution in [0.25, 0.3) is 0 Å². The molecule has 1 aliphatic rings. The number of hydrogen-bond acceptors (Lipinski definition) is 2. The lowest BCUT2D eigenvalue weighted by molar-refractivity contribution is 0.0979. The molecule has 124 valence electrons. The van der Waals surface area contributed by atoms with Crippen molar-refractivity contribution in [2.24, 2.45) is 0 Å². The Kier molecular flexibility index (Phi) is 4.10. The van der Waals surface area contributed by atoms with Gasteiger partial charge in [0.05, 0.1) is 5.56 Å². The molecule has 3 heteroatoms. The van der Waals surface area contributed by atoms with E-state index in [-0.39, 0.29) is 11.3 Å². The van der Waals surface area contributed by atoms with E-state index in [1.165, 1.54) is 5.56 Å². The number of thioether (sulfide) groups is 1. The van der Waals surface area contributed by atoms with Crippen LogP contribution in [0.2, 0.25) is 0 Å². The molecule has 4 rings (SSSR count). The molecular formula is C22H19NOS. The minimum atomic E-state index is -0.0656. The summed E-state index contributed by atoms with van der Waals surface area (Å²) in [6, 6.07) is 24.5. The van der Waals surface area contributed by atoms with E-state index in [0.29, 0.717) is 0 Å². The van der Waals surface area contributed by atoms with Gasteiger partial charge in [0.2, 0.25) is 0 Å². The molecule has 0 N–H and O–H groups in total. The van der Waals surface area contributed by atoms with Crippen LogP contribution in [0.4, 0.5) is 5.69 Å². The van der Waals surface area contributed by atoms with E-state index in [2.05, 4.69) is 50.2 Å². The number of hydrogen-bond donors (Lipinski definition) is 0. The molecule has 0 fully saturated rings. The molecule has 1 atom stereocenters. The highest BCUT2D eigenvalue weighted by molar-refractivity contribution is 7.99. The predicted molar refractivity (Wildman–Crippen MR) is 104 cm³/mol. The Hall–Kier alpha value is -2.52. The molecule has 0 aliphatic carbocycles. The molecule has 0 bridgehead atoms. The molecule has 25 heavy (non-hydrogen) atoms. The first-order valence-electron chi connectivity index (χ1n) is 8.36. The number of nitrogens with zero attached hydrogens (tertiary/aromatic N) is 1. The molecule has 3 aromatic rings. The average molecular weight is 345 g/mol. The molecule has 1 amide bonds. The Balaban J connectivity index is 1.88. The van der Waals surface area contributed by atoms with E-state index >= 15 is 0 Å². The summed E-state index contributed by atoms with van der Waals surface area (Å²) >= 11 is 1.74. The highest BCUT2D eigenvalue weighted by Crippen LogP contribution is 2.46. The minimum Gasteiger partial charge on any atom is -0.291 e. The molecule has 0 spiro atoms. The Morgan fingerprint density at radius 3 is 2.32 bits per heavy atom. The molecule has 0 saturated carbocycles. The quantitative estimate of drug-likeness (QED) is 0.589. The molecule has 1 unspecified atom stereocenters. The Bertz CT molecular complexity index is 950. The first-order valence-corrected chi connectivity index (χ1v) is 9.24. The van der Waals surface area contributed by atoms with E-state index in [1.807, 2.05) is 41.3 Å². The Morgan fingerprint density at radius 1 is 0.840 bits per heavy atom.